The summed E-state index contributed by atoms with van der Waals surface area (Å²) in [6, 6.07) is -0.299. The second kappa shape index (κ2) is 6.35. The summed E-state index contributed by atoms with van der Waals surface area (Å²) in [6.45, 7) is 2.38. The maximum absolute atomic E-state index is 12.2. The first kappa shape index (κ1) is 16.3. The van der Waals surface area contributed by atoms with Gasteiger partial charge in [0.1, 0.15) is 5.70 Å². The van der Waals surface area contributed by atoms with Crippen LogP contribution in [0.15, 0.2) is 10.6 Å². The number of nitrogens with two attached hydrogens (primary N) is 2. The lowest BCUT2D eigenvalue weighted by atomic mass is 9.77. The van der Waals surface area contributed by atoms with Gasteiger partial charge in [0.05, 0.1) is 18.1 Å². The molecule has 4 atom stereocenters. The number of carbonyl (C=O) groups excluding carboxylic acids is 1. The zero-order chi connectivity index (χ0) is 15.7. The van der Waals surface area contributed by atoms with E-state index in [2.05, 4.69) is 0 Å². The van der Waals surface area contributed by atoms with Crippen LogP contribution in [0.4, 0.5) is 0 Å². The van der Waals surface area contributed by atoms with Gasteiger partial charge >= 0.3 is 5.97 Å². The van der Waals surface area contributed by atoms with E-state index in [0.29, 0.717) is 30.2 Å². The molecule has 8 heteroatoms. The standard InChI is InChI=1S/C13H21N3O4S/c1-6(17)8-9-7(2-3-14)11(21-5-4-15)10(13(19)20)16(9)12(8)18/h6-9,17H,2-5,14-15H2,1H3,(H,19,20)/t6-,7-,8-,9-/m1/s1. The van der Waals surface area contributed by atoms with E-state index >= 15 is 0 Å². The molecule has 6 N–H and O–H groups in total. The third-order valence-electron chi connectivity index (χ3n) is 3.99. The Kier molecular flexibility index (Phi) is 4.92. The molecule has 0 saturated carbocycles. The van der Waals surface area contributed by atoms with Crippen LogP contribution < -0.4 is 11.5 Å². The molecule has 0 aromatic rings. The van der Waals surface area contributed by atoms with Gasteiger partial charge in [-0.1, -0.05) is 0 Å². The number of thioether (sulfide) groups is 1. The number of β-lactam (4-membered cyclic amide) rings is 1. The molecule has 0 bridgehead atoms. The minimum absolute atomic E-state index is 0.0406. The molecule has 0 aromatic carbocycles. The van der Waals surface area contributed by atoms with Crippen molar-refractivity contribution in [3.8, 4) is 0 Å². The number of carboxylic acid groups (broad SMARTS) is 1. The highest BCUT2D eigenvalue weighted by atomic mass is 32.2. The number of fused-ring (bicyclic) bond motifs is 1. The lowest BCUT2D eigenvalue weighted by Crippen LogP contribution is -2.64. The van der Waals surface area contributed by atoms with E-state index < -0.39 is 18.0 Å². The Hall–Kier alpha value is -1.09. The topological polar surface area (TPSA) is 130 Å². The Bertz CT molecular complexity index is 480. The molecule has 2 aliphatic heterocycles. The average molecular weight is 315 g/mol. The van der Waals surface area contributed by atoms with Crippen LogP contribution in [-0.2, 0) is 9.59 Å². The Morgan fingerprint density at radius 3 is 2.57 bits per heavy atom. The number of hydrogen-bond donors (Lipinski definition) is 4. The molecule has 2 rings (SSSR count). The normalized spacial score (nSPS) is 29.4. The molecule has 2 heterocycles. The first-order chi connectivity index (χ1) is 9.95. The molecule has 118 valence electrons. The van der Waals surface area contributed by atoms with E-state index in [1.807, 2.05) is 0 Å². The minimum atomic E-state index is -1.11. The van der Waals surface area contributed by atoms with E-state index in [0.717, 1.165) is 0 Å². The van der Waals surface area contributed by atoms with Crippen molar-refractivity contribution in [3.63, 3.8) is 0 Å². The van der Waals surface area contributed by atoms with Gasteiger partial charge in [0.15, 0.2) is 0 Å². The summed E-state index contributed by atoms with van der Waals surface area (Å²) >= 11 is 1.37. The molecule has 0 radical (unpaired) electrons. The average Bonchev–Trinajstić information content (AvgIpc) is 2.67. The number of aliphatic hydroxyl groups excluding tert-OH is 1. The lowest BCUT2D eigenvalue weighted by molar-refractivity contribution is -0.163. The SMILES string of the molecule is C[C@@H](O)[C@H]1C(=O)N2C(C(=O)O)=C(SCCN)[C@H](CCN)[C@H]12. The number of nitrogens with zero attached hydrogens (tertiary/aromatic N) is 1. The Morgan fingerprint density at radius 2 is 2.10 bits per heavy atom. The van der Waals surface area contributed by atoms with Crippen LogP contribution in [0.3, 0.4) is 0 Å². The molecule has 0 aromatic heterocycles. The maximum atomic E-state index is 12.2. The number of hydrogen-bond acceptors (Lipinski definition) is 6. The largest absolute Gasteiger partial charge is 0.477 e. The van der Waals surface area contributed by atoms with E-state index in [1.54, 1.807) is 6.92 Å². The van der Waals surface area contributed by atoms with Crippen LogP contribution in [0.2, 0.25) is 0 Å². The fraction of sp³-hybridized carbons (Fsp3) is 0.692. The zero-order valence-corrected chi connectivity index (χ0v) is 12.7. The number of aliphatic carboxylic acids is 1. The molecule has 0 aliphatic carbocycles. The van der Waals surface area contributed by atoms with Gasteiger partial charge in [-0.3, -0.25) is 4.79 Å². The van der Waals surface area contributed by atoms with Gasteiger partial charge in [-0.25, -0.2) is 4.79 Å². The second-order valence-corrected chi connectivity index (χ2v) is 6.44. The first-order valence-corrected chi connectivity index (χ1v) is 7.95. The number of aliphatic hydroxyl groups is 1. The highest BCUT2D eigenvalue weighted by Gasteiger charge is 2.60. The zero-order valence-electron chi connectivity index (χ0n) is 11.9. The summed E-state index contributed by atoms with van der Waals surface area (Å²) in [7, 11) is 0. The van der Waals surface area contributed by atoms with Crippen LogP contribution >= 0.6 is 11.8 Å². The van der Waals surface area contributed by atoms with Crippen LogP contribution in [-0.4, -0.2) is 58.0 Å². The van der Waals surface area contributed by atoms with E-state index in [4.69, 9.17) is 11.5 Å². The summed E-state index contributed by atoms with van der Waals surface area (Å²) < 4.78 is 0. The van der Waals surface area contributed by atoms with E-state index in [-0.39, 0.29) is 23.6 Å². The third-order valence-corrected chi connectivity index (χ3v) is 5.23. The number of rotatable bonds is 7. The number of carboxylic acids is 1. The summed E-state index contributed by atoms with van der Waals surface area (Å²) in [5, 5.41) is 19.2. The highest BCUT2D eigenvalue weighted by molar-refractivity contribution is 8.03. The van der Waals surface area contributed by atoms with E-state index in [1.165, 1.54) is 16.7 Å². The van der Waals surface area contributed by atoms with Crippen LogP contribution in [0.5, 0.6) is 0 Å². The predicted molar refractivity (Wildman–Crippen MR) is 79.1 cm³/mol. The van der Waals surface area contributed by atoms with Gasteiger partial charge in [-0.2, -0.15) is 0 Å². The van der Waals surface area contributed by atoms with Gasteiger partial charge in [0.2, 0.25) is 5.91 Å². The van der Waals surface area contributed by atoms with Gasteiger partial charge in [-0.15, -0.1) is 11.8 Å². The maximum Gasteiger partial charge on any atom is 0.353 e. The second-order valence-electron chi connectivity index (χ2n) is 5.30. The van der Waals surface area contributed by atoms with Crippen molar-refractivity contribution >= 4 is 23.6 Å². The van der Waals surface area contributed by atoms with Gasteiger partial charge in [0.25, 0.3) is 0 Å². The molecule has 21 heavy (non-hydrogen) atoms. The molecule has 1 fully saturated rings. The highest BCUT2D eigenvalue weighted by Crippen LogP contribution is 2.51. The number of amides is 1. The van der Waals surface area contributed by atoms with Crippen LogP contribution in [0.1, 0.15) is 13.3 Å². The molecule has 1 amide bonds. The molecular weight excluding hydrogens is 294 g/mol. The fourth-order valence-corrected chi connectivity index (χ4v) is 4.33. The summed E-state index contributed by atoms with van der Waals surface area (Å²) in [6.07, 6.45) is -0.214. The molecular formula is C13H21N3O4S. The van der Waals surface area contributed by atoms with Crippen LogP contribution in [0, 0.1) is 11.8 Å². The lowest BCUT2D eigenvalue weighted by Gasteiger charge is -2.47. The van der Waals surface area contributed by atoms with Crippen molar-refractivity contribution in [1.29, 1.82) is 0 Å². The molecule has 1 saturated heterocycles. The number of carbonyl (C=O) groups is 2. The van der Waals surface area contributed by atoms with Gasteiger partial charge < -0.3 is 26.6 Å². The Labute approximate surface area is 127 Å². The Morgan fingerprint density at radius 1 is 1.43 bits per heavy atom. The fourth-order valence-electron chi connectivity index (χ4n) is 3.20. The molecule has 0 spiro atoms. The molecule has 0 unspecified atom stereocenters. The van der Waals surface area contributed by atoms with Gasteiger partial charge in [-0.05, 0) is 19.9 Å². The van der Waals surface area contributed by atoms with Crippen molar-refractivity contribution in [2.75, 3.05) is 18.8 Å². The predicted octanol–water partition coefficient (Wildman–Crippen LogP) is -0.839. The van der Waals surface area contributed by atoms with Crippen molar-refractivity contribution < 1.29 is 19.8 Å². The monoisotopic (exact) mass is 315 g/mol. The molecule has 7 nitrogen and oxygen atoms in total. The van der Waals surface area contributed by atoms with Crippen molar-refractivity contribution in [3.05, 3.63) is 10.6 Å². The first-order valence-electron chi connectivity index (χ1n) is 6.97. The summed E-state index contributed by atoms with van der Waals surface area (Å²) in [4.78, 5) is 25.7. The van der Waals surface area contributed by atoms with E-state index in [9.17, 15) is 19.8 Å². The van der Waals surface area contributed by atoms with Crippen LogP contribution in [0.25, 0.3) is 0 Å². The van der Waals surface area contributed by atoms with Gasteiger partial charge in [0, 0.05) is 23.1 Å². The van der Waals surface area contributed by atoms with Crippen molar-refractivity contribution in [2.24, 2.45) is 23.3 Å². The van der Waals surface area contributed by atoms with Crippen molar-refractivity contribution in [1.82, 2.24) is 4.90 Å². The molecule has 2 aliphatic rings. The minimum Gasteiger partial charge on any atom is -0.477 e. The third kappa shape index (κ3) is 2.57. The summed E-state index contributed by atoms with van der Waals surface area (Å²) in [5.74, 6) is -1.53. The van der Waals surface area contributed by atoms with Crippen molar-refractivity contribution in [2.45, 2.75) is 25.5 Å². The smallest absolute Gasteiger partial charge is 0.353 e. The summed E-state index contributed by atoms with van der Waals surface area (Å²) in [5.41, 5.74) is 11.2. The Balaban J connectivity index is 2.38. The quantitative estimate of drug-likeness (QED) is 0.451.